The molecule has 0 bridgehead atoms. The quantitative estimate of drug-likeness (QED) is 0.465. The van der Waals surface area contributed by atoms with E-state index in [4.69, 9.17) is 0 Å². The molecule has 1 aromatic carbocycles. The number of hydrogen-bond acceptors (Lipinski definition) is 5. The van der Waals surface area contributed by atoms with Crippen molar-refractivity contribution in [3.63, 3.8) is 0 Å². The van der Waals surface area contributed by atoms with Crippen LogP contribution in [0.15, 0.2) is 43.0 Å². The molecule has 0 saturated carbocycles. The maximum absolute atomic E-state index is 14.1. The first-order valence-electron chi connectivity index (χ1n) is 9.21. The summed E-state index contributed by atoms with van der Waals surface area (Å²) in [5.41, 5.74) is -0.837. The molecule has 160 valence electrons. The van der Waals surface area contributed by atoms with Crippen LogP contribution in [0.3, 0.4) is 0 Å². The predicted molar refractivity (Wildman–Crippen MR) is 100 cm³/mol. The Kier molecular flexibility index (Phi) is 5.03. The number of Topliss-reactive ketones (excluding diaryl/α,β-unsaturated/α-hetero) is 1. The van der Waals surface area contributed by atoms with E-state index in [9.17, 15) is 27.2 Å². The number of carbonyl (C=O) groups excluding carboxylic acids is 2. The SMILES string of the molecule is C[C@H]1CN(c2ccc(C(F)(F)F)c(F)c2)C(=O)c2c(CC(=O)c3cnccn3)cnn21. The number of benzene rings is 1. The van der Waals surface area contributed by atoms with Crippen LogP contribution in [0.25, 0.3) is 0 Å². The number of hydrogen-bond donors (Lipinski definition) is 0. The highest BCUT2D eigenvalue weighted by molar-refractivity contribution is 6.08. The fourth-order valence-electron chi connectivity index (χ4n) is 3.48. The number of nitrogens with zero attached hydrogens (tertiary/aromatic N) is 5. The fraction of sp³-hybridized carbons (Fsp3) is 0.250. The van der Waals surface area contributed by atoms with Gasteiger partial charge < -0.3 is 4.90 Å². The summed E-state index contributed by atoms with van der Waals surface area (Å²) >= 11 is 0. The van der Waals surface area contributed by atoms with E-state index in [-0.39, 0.29) is 41.9 Å². The number of fused-ring (bicyclic) bond motifs is 1. The summed E-state index contributed by atoms with van der Waals surface area (Å²) in [7, 11) is 0. The van der Waals surface area contributed by atoms with E-state index in [1.54, 1.807) is 6.92 Å². The summed E-state index contributed by atoms with van der Waals surface area (Å²) < 4.78 is 54.1. The molecule has 1 amide bonds. The van der Waals surface area contributed by atoms with Crippen molar-refractivity contribution in [2.24, 2.45) is 0 Å². The maximum atomic E-state index is 14.1. The van der Waals surface area contributed by atoms with E-state index < -0.39 is 23.5 Å². The van der Waals surface area contributed by atoms with Crippen molar-refractivity contribution < 1.29 is 27.2 Å². The maximum Gasteiger partial charge on any atom is 0.419 e. The molecule has 1 aliphatic rings. The molecule has 0 spiro atoms. The van der Waals surface area contributed by atoms with Gasteiger partial charge in [-0.25, -0.2) is 9.37 Å². The Balaban J connectivity index is 1.66. The number of amides is 1. The van der Waals surface area contributed by atoms with Gasteiger partial charge in [-0.2, -0.15) is 18.3 Å². The van der Waals surface area contributed by atoms with Gasteiger partial charge in [-0.3, -0.25) is 19.3 Å². The summed E-state index contributed by atoms with van der Waals surface area (Å²) in [5.74, 6) is -2.43. The molecule has 31 heavy (non-hydrogen) atoms. The zero-order valence-electron chi connectivity index (χ0n) is 16.1. The molecule has 0 unspecified atom stereocenters. The van der Waals surface area contributed by atoms with Crippen LogP contribution >= 0.6 is 0 Å². The molecule has 7 nitrogen and oxygen atoms in total. The van der Waals surface area contributed by atoms with Crippen molar-refractivity contribution in [2.45, 2.75) is 25.6 Å². The van der Waals surface area contributed by atoms with Crippen molar-refractivity contribution in [2.75, 3.05) is 11.4 Å². The van der Waals surface area contributed by atoms with Crippen molar-refractivity contribution in [3.8, 4) is 0 Å². The molecule has 0 saturated heterocycles. The third-order valence-electron chi connectivity index (χ3n) is 4.95. The molecule has 0 fully saturated rings. The smallest absolute Gasteiger partial charge is 0.305 e. The Hall–Kier alpha value is -3.63. The van der Waals surface area contributed by atoms with Crippen LogP contribution in [0, 0.1) is 5.82 Å². The summed E-state index contributed by atoms with van der Waals surface area (Å²) in [6, 6.07) is 1.99. The standard InChI is InChI=1S/C20H15F4N5O2/c1-11-10-28(13-2-3-14(15(21)7-13)20(22,23)24)19(31)18-12(8-27-29(11)18)6-17(30)16-9-25-4-5-26-16/h2-5,7-9,11H,6,10H2,1H3/t11-/m0/s1. The lowest BCUT2D eigenvalue weighted by Gasteiger charge is -2.32. The minimum Gasteiger partial charge on any atom is -0.305 e. The zero-order chi connectivity index (χ0) is 22.3. The lowest BCUT2D eigenvalue weighted by atomic mass is 10.0. The average Bonchev–Trinajstić information content (AvgIpc) is 3.15. The number of alkyl halides is 3. The number of rotatable bonds is 4. The largest absolute Gasteiger partial charge is 0.419 e. The van der Waals surface area contributed by atoms with E-state index in [1.165, 1.54) is 34.4 Å². The first kappa shape index (κ1) is 20.6. The first-order chi connectivity index (χ1) is 14.7. The van der Waals surface area contributed by atoms with Crippen molar-refractivity contribution in [1.29, 1.82) is 0 Å². The molecular weight excluding hydrogens is 418 g/mol. The van der Waals surface area contributed by atoms with Crippen molar-refractivity contribution in [1.82, 2.24) is 19.7 Å². The molecule has 0 N–H and O–H groups in total. The average molecular weight is 433 g/mol. The van der Waals surface area contributed by atoms with Gasteiger partial charge in [-0.1, -0.05) is 0 Å². The van der Waals surface area contributed by atoms with Gasteiger partial charge in [0.05, 0.1) is 24.0 Å². The van der Waals surface area contributed by atoms with Crippen LogP contribution in [-0.4, -0.2) is 38.0 Å². The summed E-state index contributed by atoms with van der Waals surface area (Å²) in [4.78, 5) is 34.6. The fourth-order valence-corrected chi connectivity index (χ4v) is 3.48. The predicted octanol–water partition coefficient (Wildman–Crippen LogP) is 3.48. The Morgan fingerprint density at radius 3 is 2.65 bits per heavy atom. The number of aromatic nitrogens is 4. The number of ketones is 1. The monoisotopic (exact) mass is 433 g/mol. The Morgan fingerprint density at radius 1 is 1.23 bits per heavy atom. The van der Waals surface area contributed by atoms with Crippen molar-refractivity contribution in [3.05, 3.63) is 71.3 Å². The van der Waals surface area contributed by atoms with Crippen LogP contribution in [0.4, 0.5) is 23.2 Å². The third-order valence-corrected chi connectivity index (χ3v) is 4.95. The summed E-state index contributed by atoms with van der Waals surface area (Å²) in [6.07, 6.45) is 0.491. The van der Waals surface area contributed by atoms with Gasteiger partial charge in [0.25, 0.3) is 5.91 Å². The van der Waals surface area contributed by atoms with Crippen LogP contribution < -0.4 is 4.90 Å². The molecule has 1 aliphatic heterocycles. The van der Waals surface area contributed by atoms with E-state index in [0.717, 1.165) is 6.07 Å². The van der Waals surface area contributed by atoms with Crippen LogP contribution in [-0.2, 0) is 12.6 Å². The minimum absolute atomic E-state index is 0.0130. The molecule has 11 heteroatoms. The summed E-state index contributed by atoms with van der Waals surface area (Å²) in [6.45, 7) is 1.83. The van der Waals surface area contributed by atoms with Crippen LogP contribution in [0.2, 0.25) is 0 Å². The highest BCUT2D eigenvalue weighted by Crippen LogP contribution is 2.35. The third kappa shape index (κ3) is 3.78. The normalized spacial score (nSPS) is 16.4. The first-order valence-corrected chi connectivity index (χ1v) is 9.21. The van der Waals surface area contributed by atoms with E-state index in [1.807, 2.05) is 0 Å². The molecule has 4 rings (SSSR count). The lowest BCUT2D eigenvalue weighted by molar-refractivity contribution is -0.139. The second-order valence-corrected chi connectivity index (χ2v) is 7.08. The van der Waals surface area contributed by atoms with Crippen molar-refractivity contribution >= 4 is 17.4 Å². The van der Waals surface area contributed by atoms with Crippen LogP contribution in [0.1, 0.15) is 45.1 Å². The Bertz CT molecular complexity index is 1160. The molecule has 1 atom stereocenters. The molecular formula is C20H15F4N5O2. The highest BCUT2D eigenvalue weighted by atomic mass is 19.4. The molecule has 0 radical (unpaired) electrons. The van der Waals surface area contributed by atoms with E-state index in [2.05, 4.69) is 15.1 Å². The second-order valence-electron chi connectivity index (χ2n) is 7.08. The van der Waals surface area contributed by atoms with Gasteiger partial charge in [-0.15, -0.1) is 0 Å². The minimum atomic E-state index is -4.84. The summed E-state index contributed by atoms with van der Waals surface area (Å²) in [5, 5.41) is 4.19. The number of halogens is 4. The second kappa shape index (κ2) is 7.56. The lowest BCUT2D eigenvalue weighted by Crippen LogP contribution is -2.43. The van der Waals surface area contributed by atoms with Gasteiger partial charge in [0, 0.05) is 36.6 Å². The number of carbonyl (C=O) groups is 2. The Morgan fingerprint density at radius 2 is 2.00 bits per heavy atom. The Labute approximate surface area is 173 Å². The molecule has 3 aromatic rings. The van der Waals surface area contributed by atoms with Gasteiger partial charge >= 0.3 is 6.18 Å². The highest BCUT2D eigenvalue weighted by Gasteiger charge is 2.37. The van der Waals surface area contributed by atoms with Gasteiger partial charge in [0.2, 0.25) is 0 Å². The van der Waals surface area contributed by atoms with Gasteiger partial charge in [0.1, 0.15) is 17.2 Å². The zero-order valence-corrected chi connectivity index (χ0v) is 16.1. The van der Waals surface area contributed by atoms with Crippen LogP contribution in [0.5, 0.6) is 0 Å². The topological polar surface area (TPSA) is 81.0 Å². The van der Waals surface area contributed by atoms with Gasteiger partial charge in [-0.05, 0) is 25.1 Å². The van der Waals surface area contributed by atoms with E-state index >= 15 is 0 Å². The van der Waals surface area contributed by atoms with Gasteiger partial charge in [0.15, 0.2) is 5.78 Å². The molecule has 3 heterocycles. The van der Waals surface area contributed by atoms with E-state index in [0.29, 0.717) is 17.7 Å². The molecule has 0 aliphatic carbocycles. The molecule has 2 aromatic heterocycles. The number of anilines is 1.